The molecule has 0 radical (unpaired) electrons. The summed E-state index contributed by atoms with van der Waals surface area (Å²) in [5.41, 5.74) is 22.6. The highest BCUT2D eigenvalue weighted by atomic mass is 127. The second kappa shape index (κ2) is 4.92. The molecule has 3 nitrogen and oxygen atoms in total. The van der Waals surface area contributed by atoms with E-state index in [1.54, 1.807) is 0 Å². The van der Waals surface area contributed by atoms with Gasteiger partial charge in [0.15, 0.2) is 0 Å². The van der Waals surface area contributed by atoms with Crippen molar-refractivity contribution in [2.75, 3.05) is 17.2 Å². The smallest absolute Gasteiger partial charge is 0.0690 e. The predicted octanol–water partition coefficient (Wildman–Crippen LogP) is 3.42. The molecular weight excluding hydrogens is 325 g/mol. The van der Waals surface area contributed by atoms with Gasteiger partial charge in [-0.2, -0.15) is 0 Å². The van der Waals surface area contributed by atoms with Gasteiger partial charge in [-0.3, -0.25) is 0 Å². The van der Waals surface area contributed by atoms with Crippen LogP contribution in [0.15, 0.2) is 0 Å². The topological polar surface area (TPSA) is 78.1 Å². The van der Waals surface area contributed by atoms with Gasteiger partial charge in [-0.05, 0) is 46.9 Å². The summed E-state index contributed by atoms with van der Waals surface area (Å²) in [5, 5.41) is 0. The van der Waals surface area contributed by atoms with E-state index in [0.29, 0.717) is 11.4 Å². The Morgan fingerprint density at radius 3 is 2.06 bits per heavy atom. The highest BCUT2D eigenvalue weighted by Crippen LogP contribution is 2.43. The van der Waals surface area contributed by atoms with Crippen LogP contribution in [0.1, 0.15) is 44.7 Å². The molecule has 0 aliphatic heterocycles. The molecule has 0 saturated heterocycles. The molecule has 1 rings (SSSR count). The number of hydrogen-bond acceptors (Lipinski definition) is 3. The third-order valence-electron chi connectivity index (χ3n) is 3.35. The standard InChI is InChI=1S/C13H22IN3/c1-5-6-13(3,4)8-10(15)7(2)9(14)12(17)11(8)16/h5-6,15-17H2,1-4H3. The molecule has 0 aromatic heterocycles. The molecule has 1 aromatic carbocycles. The number of hydrogen-bond donors (Lipinski definition) is 3. The van der Waals surface area contributed by atoms with Crippen LogP contribution in [0.25, 0.3) is 0 Å². The molecule has 17 heavy (non-hydrogen) atoms. The fraction of sp³-hybridized carbons (Fsp3) is 0.538. The summed E-state index contributed by atoms with van der Waals surface area (Å²) in [6.45, 7) is 8.50. The van der Waals surface area contributed by atoms with Crippen molar-refractivity contribution in [2.24, 2.45) is 0 Å². The first kappa shape index (κ1) is 14.4. The average Bonchev–Trinajstić information content (AvgIpc) is 2.23. The van der Waals surface area contributed by atoms with Crippen LogP contribution >= 0.6 is 22.6 Å². The van der Waals surface area contributed by atoms with E-state index in [0.717, 1.165) is 33.2 Å². The van der Waals surface area contributed by atoms with Gasteiger partial charge in [0.05, 0.1) is 11.4 Å². The Hall–Kier alpha value is -0.650. The molecule has 96 valence electrons. The molecule has 6 N–H and O–H groups in total. The fourth-order valence-electron chi connectivity index (χ4n) is 2.38. The van der Waals surface area contributed by atoms with Gasteiger partial charge in [0.1, 0.15) is 0 Å². The molecule has 0 saturated carbocycles. The van der Waals surface area contributed by atoms with Crippen LogP contribution < -0.4 is 17.2 Å². The molecular formula is C13H22IN3. The highest BCUT2D eigenvalue weighted by Gasteiger charge is 2.28. The summed E-state index contributed by atoms with van der Waals surface area (Å²) in [5.74, 6) is 0. The van der Waals surface area contributed by atoms with Crippen LogP contribution in [-0.4, -0.2) is 0 Å². The van der Waals surface area contributed by atoms with Crippen molar-refractivity contribution in [2.45, 2.75) is 46.0 Å². The highest BCUT2D eigenvalue weighted by molar-refractivity contribution is 14.1. The third-order valence-corrected chi connectivity index (χ3v) is 4.74. The lowest BCUT2D eigenvalue weighted by Crippen LogP contribution is -2.23. The largest absolute Gasteiger partial charge is 0.398 e. The monoisotopic (exact) mass is 347 g/mol. The maximum Gasteiger partial charge on any atom is 0.0690 e. The Labute approximate surface area is 117 Å². The Kier molecular flexibility index (Phi) is 4.17. The van der Waals surface area contributed by atoms with E-state index in [1.165, 1.54) is 0 Å². The van der Waals surface area contributed by atoms with E-state index >= 15 is 0 Å². The summed E-state index contributed by atoms with van der Waals surface area (Å²) in [7, 11) is 0. The molecule has 1 aromatic rings. The van der Waals surface area contributed by atoms with Crippen LogP contribution in [0.2, 0.25) is 0 Å². The van der Waals surface area contributed by atoms with E-state index in [2.05, 4.69) is 43.4 Å². The SMILES string of the molecule is CCCC(C)(C)c1c(N)c(C)c(I)c(N)c1N. The number of anilines is 3. The molecule has 0 amide bonds. The van der Waals surface area contributed by atoms with Crippen molar-refractivity contribution < 1.29 is 0 Å². The minimum Gasteiger partial charge on any atom is -0.398 e. The molecule has 0 atom stereocenters. The normalized spacial score (nSPS) is 11.8. The minimum atomic E-state index is -0.0356. The maximum absolute atomic E-state index is 6.23. The lowest BCUT2D eigenvalue weighted by molar-refractivity contribution is 0.476. The second-order valence-electron chi connectivity index (χ2n) is 5.19. The molecule has 0 fully saturated rings. The van der Waals surface area contributed by atoms with Crippen LogP contribution in [0.4, 0.5) is 17.1 Å². The first-order chi connectivity index (χ1) is 7.74. The Bertz CT molecular complexity index is 410. The fourth-order valence-corrected chi connectivity index (χ4v) is 2.97. The first-order valence-corrected chi connectivity index (χ1v) is 6.94. The zero-order valence-corrected chi connectivity index (χ0v) is 13.2. The first-order valence-electron chi connectivity index (χ1n) is 5.87. The molecule has 0 bridgehead atoms. The van der Waals surface area contributed by atoms with Crippen molar-refractivity contribution in [3.05, 3.63) is 14.7 Å². The van der Waals surface area contributed by atoms with E-state index < -0.39 is 0 Å². The van der Waals surface area contributed by atoms with E-state index in [9.17, 15) is 0 Å². The number of nitrogen functional groups attached to an aromatic ring is 3. The second-order valence-corrected chi connectivity index (χ2v) is 6.27. The predicted molar refractivity (Wildman–Crippen MR) is 85.1 cm³/mol. The van der Waals surface area contributed by atoms with E-state index in [4.69, 9.17) is 17.2 Å². The van der Waals surface area contributed by atoms with Gasteiger partial charge in [-0.1, -0.05) is 27.2 Å². The lowest BCUT2D eigenvalue weighted by atomic mass is 9.78. The molecule has 0 spiro atoms. The molecule has 0 unspecified atom stereocenters. The summed E-state index contributed by atoms with van der Waals surface area (Å²) in [6, 6.07) is 0. The van der Waals surface area contributed by atoms with Crippen LogP contribution in [0, 0.1) is 10.5 Å². The van der Waals surface area contributed by atoms with E-state index in [-0.39, 0.29) is 5.41 Å². The van der Waals surface area contributed by atoms with Gasteiger partial charge in [0.25, 0.3) is 0 Å². The number of rotatable bonds is 3. The number of benzene rings is 1. The minimum absolute atomic E-state index is 0.0356. The van der Waals surface area contributed by atoms with Crippen molar-refractivity contribution in [3.8, 4) is 0 Å². The van der Waals surface area contributed by atoms with Gasteiger partial charge in [0.2, 0.25) is 0 Å². The summed E-state index contributed by atoms with van der Waals surface area (Å²) < 4.78 is 0.966. The van der Waals surface area contributed by atoms with Gasteiger partial charge in [0, 0.05) is 14.8 Å². The third kappa shape index (κ3) is 2.46. The van der Waals surface area contributed by atoms with Crippen LogP contribution in [0.3, 0.4) is 0 Å². The zero-order chi connectivity index (χ0) is 13.4. The lowest BCUT2D eigenvalue weighted by Gasteiger charge is -2.30. The maximum atomic E-state index is 6.23. The quantitative estimate of drug-likeness (QED) is 0.579. The van der Waals surface area contributed by atoms with Gasteiger partial charge in [-0.15, -0.1) is 0 Å². The molecule has 0 aliphatic rings. The van der Waals surface area contributed by atoms with Crippen molar-refractivity contribution >= 4 is 39.7 Å². The summed E-state index contributed by atoms with van der Waals surface area (Å²) >= 11 is 2.20. The van der Waals surface area contributed by atoms with Crippen molar-refractivity contribution in [3.63, 3.8) is 0 Å². The number of halogens is 1. The number of nitrogens with two attached hydrogens (primary N) is 3. The zero-order valence-electron chi connectivity index (χ0n) is 11.0. The molecule has 4 heteroatoms. The van der Waals surface area contributed by atoms with Crippen molar-refractivity contribution in [1.29, 1.82) is 0 Å². The van der Waals surface area contributed by atoms with Crippen LogP contribution in [0.5, 0.6) is 0 Å². The van der Waals surface area contributed by atoms with Crippen LogP contribution in [-0.2, 0) is 5.41 Å². The summed E-state index contributed by atoms with van der Waals surface area (Å²) in [6.07, 6.45) is 2.14. The van der Waals surface area contributed by atoms with Gasteiger partial charge >= 0.3 is 0 Å². The van der Waals surface area contributed by atoms with Gasteiger partial charge in [-0.25, -0.2) is 0 Å². The van der Waals surface area contributed by atoms with E-state index in [1.807, 2.05) is 6.92 Å². The molecule has 0 heterocycles. The van der Waals surface area contributed by atoms with Gasteiger partial charge < -0.3 is 17.2 Å². The average molecular weight is 347 g/mol. The Morgan fingerprint density at radius 2 is 1.59 bits per heavy atom. The Morgan fingerprint density at radius 1 is 1.06 bits per heavy atom. The molecule has 0 aliphatic carbocycles. The summed E-state index contributed by atoms with van der Waals surface area (Å²) in [4.78, 5) is 0. The van der Waals surface area contributed by atoms with Crippen molar-refractivity contribution in [1.82, 2.24) is 0 Å². The Balaban J connectivity index is 3.54.